The third-order valence-electron chi connectivity index (χ3n) is 5.93. The molecule has 0 aromatic heterocycles. The number of carbonyl (C=O) groups excluding carboxylic acids is 2. The minimum absolute atomic E-state index is 0.0323. The molecule has 6 heteroatoms. The van der Waals surface area contributed by atoms with E-state index < -0.39 is 0 Å². The first kappa shape index (κ1) is 23.8. The number of ketones is 1. The molecule has 1 heterocycles. The number of methoxy groups -OCH3 is 1. The molecule has 0 spiro atoms. The number of Topliss-reactive ketones (excluding diaryl/α,β-unsaturated/α-hetero) is 1. The molecule has 1 aliphatic rings. The Hall–Kier alpha value is -2.86. The molecule has 32 heavy (non-hydrogen) atoms. The third kappa shape index (κ3) is 7.68. The summed E-state index contributed by atoms with van der Waals surface area (Å²) in [5.74, 6) is 1.10. The van der Waals surface area contributed by atoms with Crippen molar-refractivity contribution in [3.8, 4) is 11.5 Å². The normalized spacial score (nSPS) is 14.8. The summed E-state index contributed by atoms with van der Waals surface area (Å²) in [7, 11) is 1.60. The number of amides is 1. The number of unbranched alkanes of at least 4 members (excludes halogenated alkanes) is 1. The van der Waals surface area contributed by atoms with Gasteiger partial charge in [-0.2, -0.15) is 0 Å². The summed E-state index contributed by atoms with van der Waals surface area (Å²) in [5.41, 5.74) is 1.77. The molecule has 172 valence electrons. The molecule has 2 aromatic rings. The number of carbonyl (C=O) groups is 2. The maximum Gasteiger partial charge on any atom is 0.220 e. The van der Waals surface area contributed by atoms with E-state index in [0.29, 0.717) is 31.2 Å². The van der Waals surface area contributed by atoms with Crippen molar-refractivity contribution in [2.45, 2.75) is 51.0 Å². The fourth-order valence-corrected chi connectivity index (χ4v) is 4.15. The lowest BCUT2D eigenvalue weighted by Gasteiger charge is -2.25. The summed E-state index contributed by atoms with van der Waals surface area (Å²) in [6.07, 6.45) is 5.38. The zero-order valence-electron chi connectivity index (χ0n) is 18.9. The van der Waals surface area contributed by atoms with Gasteiger partial charge in [-0.1, -0.05) is 12.1 Å². The first-order valence-corrected chi connectivity index (χ1v) is 11.5. The highest BCUT2D eigenvalue weighted by Crippen LogP contribution is 2.16. The number of rotatable bonds is 12. The average molecular weight is 439 g/mol. The predicted molar refractivity (Wildman–Crippen MR) is 125 cm³/mol. The summed E-state index contributed by atoms with van der Waals surface area (Å²) < 4.78 is 5.12. The van der Waals surface area contributed by atoms with Crippen molar-refractivity contribution in [1.29, 1.82) is 0 Å². The molecule has 6 nitrogen and oxygen atoms in total. The molecule has 1 aliphatic heterocycles. The summed E-state index contributed by atoms with van der Waals surface area (Å²) >= 11 is 0. The second-order valence-corrected chi connectivity index (χ2v) is 8.50. The molecule has 0 aliphatic carbocycles. The second kappa shape index (κ2) is 12.2. The number of nitrogens with one attached hydrogen (secondary N) is 1. The summed E-state index contributed by atoms with van der Waals surface area (Å²) in [4.78, 5) is 27.3. The van der Waals surface area contributed by atoms with E-state index in [-0.39, 0.29) is 23.5 Å². The van der Waals surface area contributed by atoms with Crippen LogP contribution in [0.1, 0.15) is 54.4 Å². The molecule has 2 N–H and O–H groups in total. The number of benzene rings is 2. The SMILES string of the molecule is COc1ccc(C(=O)CCCCC(=O)N[C@@H](Cc2ccc(O)cc2)CN2CCCC2)cc1. The van der Waals surface area contributed by atoms with E-state index in [2.05, 4.69) is 10.2 Å². The number of ether oxygens (including phenoxy) is 1. The monoisotopic (exact) mass is 438 g/mol. The number of aromatic hydroxyl groups is 1. The van der Waals surface area contributed by atoms with Crippen LogP contribution in [0.25, 0.3) is 0 Å². The van der Waals surface area contributed by atoms with Gasteiger partial charge < -0.3 is 20.1 Å². The van der Waals surface area contributed by atoms with Gasteiger partial charge in [-0.25, -0.2) is 0 Å². The lowest BCUT2D eigenvalue weighted by atomic mass is 10.0. The van der Waals surface area contributed by atoms with E-state index in [1.165, 1.54) is 12.8 Å². The van der Waals surface area contributed by atoms with Crippen LogP contribution in [-0.4, -0.2) is 54.5 Å². The largest absolute Gasteiger partial charge is 0.508 e. The van der Waals surface area contributed by atoms with Crippen LogP contribution in [0.5, 0.6) is 11.5 Å². The minimum Gasteiger partial charge on any atom is -0.508 e. The molecule has 0 bridgehead atoms. The van der Waals surface area contributed by atoms with E-state index in [1.54, 1.807) is 43.5 Å². The van der Waals surface area contributed by atoms with E-state index in [4.69, 9.17) is 4.74 Å². The standard InChI is InChI=1S/C26H34N2O4/c1-32-24-14-10-21(11-15-24)25(30)6-2-3-7-26(31)27-22(19-28-16-4-5-17-28)18-20-8-12-23(29)13-9-20/h8-15,22,29H,2-7,16-19H2,1H3,(H,27,31)/t22-/m0/s1. The van der Waals surface area contributed by atoms with Crippen LogP contribution in [0.15, 0.2) is 48.5 Å². The van der Waals surface area contributed by atoms with Crippen molar-refractivity contribution in [2.24, 2.45) is 0 Å². The van der Waals surface area contributed by atoms with Gasteiger partial charge in [-0.3, -0.25) is 9.59 Å². The van der Waals surface area contributed by atoms with Gasteiger partial charge in [0.25, 0.3) is 0 Å². The summed E-state index contributed by atoms with van der Waals surface area (Å²) in [6.45, 7) is 2.99. The Morgan fingerprint density at radius 2 is 1.66 bits per heavy atom. The van der Waals surface area contributed by atoms with Gasteiger partial charge in [-0.05, 0) is 87.2 Å². The van der Waals surface area contributed by atoms with Crippen LogP contribution in [0.3, 0.4) is 0 Å². The van der Waals surface area contributed by atoms with Crippen molar-refractivity contribution in [3.63, 3.8) is 0 Å². The van der Waals surface area contributed by atoms with Gasteiger partial charge >= 0.3 is 0 Å². The van der Waals surface area contributed by atoms with Crippen molar-refractivity contribution in [1.82, 2.24) is 10.2 Å². The Kier molecular flexibility index (Phi) is 9.11. The smallest absolute Gasteiger partial charge is 0.220 e. The first-order chi connectivity index (χ1) is 15.5. The zero-order valence-corrected chi connectivity index (χ0v) is 18.9. The van der Waals surface area contributed by atoms with Crippen LogP contribution in [-0.2, 0) is 11.2 Å². The average Bonchev–Trinajstić information content (AvgIpc) is 3.31. The van der Waals surface area contributed by atoms with E-state index in [1.807, 2.05) is 12.1 Å². The first-order valence-electron chi connectivity index (χ1n) is 11.5. The summed E-state index contributed by atoms with van der Waals surface area (Å²) in [6, 6.07) is 14.3. The van der Waals surface area contributed by atoms with Gasteiger partial charge in [0.2, 0.25) is 5.91 Å². The lowest BCUT2D eigenvalue weighted by molar-refractivity contribution is -0.122. The Bertz CT molecular complexity index is 858. The number of phenols is 1. The number of hydrogen-bond acceptors (Lipinski definition) is 5. The van der Waals surface area contributed by atoms with E-state index >= 15 is 0 Å². The van der Waals surface area contributed by atoms with Gasteiger partial charge in [0.05, 0.1) is 7.11 Å². The zero-order chi connectivity index (χ0) is 22.8. The lowest BCUT2D eigenvalue weighted by Crippen LogP contribution is -2.44. The van der Waals surface area contributed by atoms with Crippen molar-refractivity contribution < 1.29 is 19.4 Å². The Labute approximate surface area is 190 Å². The van der Waals surface area contributed by atoms with Gasteiger partial charge in [0.15, 0.2) is 5.78 Å². The van der Waals surface area contributed by atoms with Crippen LogP contribution >= 0.6 is 0 Å². The Morgan fingerprint density at radius 3 is 2.31 bits per heavy atom. The van der Waals surface area contributed by atoms with Crippen LogP contribution < -0.4 is 10.1 Å². The molecule has 0 radical (unpaired) electrons. The molecule has 1 atom stereocenters. The highest BCUT2D eigenvalue weighted by Gasteiger charge is 2.19. The minimum atomic E-state index is 0.0323. The second-order valence-electron chi connectivity index (χ2n) is 8.50. The van der Waals surface area contributed by atoms with Crippen molar-refractivity contribution >= 4 is 11.7 Å². The predicted octanol–water partition coefficient (Wildman–Crippen LogP) is 3.97. The molecule has 2 aromatic carbocycles. The number of likely N-dealkylation sites (tertiary alicyclic amines) is 1. The highest BCUT2D eigenvalue weighted by atomic mass is 16.5. The fourth-order valence-electron chi connectivity index (χ4n) is 4.15. The quantitative estimate of drug-likeness (QED) is 0.387. The Balaban J connectivity index is 1.43. The Morgan fingerprint density at radius 1 is 1.00 bits per heavy atom. The third-order valence-corrected chi connectivity index (χ3v) is 5.93. The van der Waals surface area contributed by atoms with Gasteiger partial charge in [0, 0.05) is 31.0 Å². The van der Waals surface area contributed by atoms with Gasteiger partial charge in [0.1, 0.15) is 11.5 Å². The van der Waals surface area contributed by atoms with Crippen molar-refractivity contribution in [3.05, 3.63) is 59.7 Å². The maximum atomic E-state index is 12.6. The van der Waals surface area contributed by atoms with Crippen LogP contribution in [0.4, 0.5) is 0 Å². The van der Waals surface area contributed by atoms with E-state index in [0.717, 1.165) is 37.4 Å². The fraction of sp³-hybridized carbons (Fsp3) is 0.462. The van der Waals surface area contributed by atoms with E-state index in [9.17, 15) is 14.7 Å². The van der Waals surface area contributed by atoms with Crippen LogP contribution in [0.2, 0.25) is 0 Å². The molecule has 3 rings (SSSR count). The number of hydrogen-bond donors (Lipinski definition) is 2. The highest BCUT2D eigenvalue weighted by molar-refractivity contribution is 5.96. The maximum absolute atomic E-state index is 12.6. The molecule has 0 saturated carbocycles. The summed E-state index contributed by atoms with van der Waals surface area (Å²) in [5, 5.41) is 12.7. The molecule has 0 unspecified atom stereocenters. The van der Waals surface area contributed by atoms with Crippen molar-refractivity contribution in [2.75, 3.05) is 26.7 Å². The number of phenolic OH excluding ortho intramolecular Hbond substituents is 1. The molecular weight excluding hydrogens is 404 g/mol. The molecule has 1 fully saturated rings. The molecule has 1 saturated heterocycles. The molecule has 1 amide bonds. The molecular formula is C26H34N2O4. The topological polar surface area (TPSA) is 78.9 Å². The number of nitrogens with zero attached hydrogens (tertiary/aromatic N) is 1. The van der Waals surface area contributed by atoms with Gasteiger partial charge in [-0.15, -0.1) is 0 Å². The van der Waals surface area contributed by atoms with Crippen LogP contribution in [0, 0.1) is 0 Å².